The minimum Gasteiger partial charge on any atom is -0.462 e. The van der Waals surface area contributed by atoms with Gasteiger partial charge in [-0.1, -0.05) is 6.07 Å². The van der Waals surface area contributed by atoms with Gasteiger partial charge in [-0.3, -0.25) is 0 Å². The van der Waals surface area contributed by atoms with Crippen LogP contribution in [0.1, 0.15) is 45.8 Å². The highest BCUT2D eigenvalue weighted by molar-refractivity contribution is 6.05. The summed E-state index contributed by atoms with van der Waals surface area (Å²) in [4.78, 5) is 28.6. The minimum absolute atomic E-state index is 0.00204. The van der Waals surface area contributed by atoms with Gasteiger partial charge in [0, 0.05) is 5.39 Å². The molecule has 5 heteroatoms. The molecule has 2 rings (SSSR count). The van der Waals surface area contributed by atoms with Crippen LogP contribution in [-0.4, -0.2) is 30.1 Å². The number of carbonyl (C=O) groups excluding carboxylic acids is 2. The summed E-state index contributed by atoms with van der Waals surface area (Å²) in [5, 5.41) is 0.821. The Hall–Kier alpha value is -2.43. The van der Waals surface area contributed by atoms with Gasteiger partial charge in [-0.05, 0) is 51.0 Å². The molecule has 0 saturated carbocycles. The summed E-state index contributed by atoms with van der Waals surface area (Å²) in [5.41, 5.74) is 2.82. The summed E-state index contributed by atoms with van der Waals surface area (Å²) >= 11 is 0. The fourth-order valence-corrected chi connectivity index (χ4v) is 2.35. The number of hydrogen-bond donors (Lipinski definition) is 0. The number of aryl methyl sites for hydroxylation is 2. The first-order valence-electron chi connectivity index (χ1n) is 7.24. The van der Waals surface area contributed by atoms with E-state index in [0.29, 0.717) is 5.52 Å². The summed E-state index contributed by atoms with van der Waals surface area (Å²) in [6, 6.07) is 5.53. The molecular weight excluding hydrogens is 282 g/mol. The van der Waals surface area contributed by atoms with Gasteiger partial charge in [0.25, 0.3) is 0 Å². The summed E-state index contributed by atoms with van der Waals surface area (Å²) in [6.45, 7) is 7.76. The molecule has 1 aromatic carbocycles. The predicted molar refractivity (Wildman–Crippen MR) is 83.1 cm³/mol. The zero-order chi connectivity index (χ0) is 16.3. The average molecular weight is 301 g/mol. The fraction of sp³-hybridized carbons (Fsp3) is 0.353. The van der Waals surface area contributed by atoms with Crippen molar-refractivity contribution in [1.82, 2.24) is 4.98 Å². The lowest BCUT2D eigenvalue weighted by atomic mass is 10.0. The van der Waals surface area contributed by atoms with Crippen LogP contribution in [0.5, 0.6) is 0 Å². The van der Waals surface area contributed by atoms with Crippen LogP contribution in [0.4, 0.5) is 0 Å². The van der Waals surface area contributed by atoms with Crippen LogP contribution in [0.15, 0.2) is 18.2 Å². The quantitative estimate of drug-likeness (QED) is 0.811. The number of carbonyl (C=O) groups is 2. The second kappa shape index (κ2) is 6.56. The molecule has 0 aliphatic rings. The molecule has 116 valence electrons. The number of esters is 2. The van der Waals surface area contributed by atoms with Gasteiger partial charge in [-0.2, -0.15) is 0 Å². The average Bonchev–Trinajstić information content (AvgIpc) is 2.46. The van der Waals surface area contributed by atoms with Crippen molar-refractivity contribution in [2.24, 2.45) is 0 Å². The number of aromatic nitrogens is 1. The summed E-state index contributed by atoms with van der Waals surface area (Å²) in [6.07, 6.45) is 0. The second-order valence-electron chi connectivity index (χ2n) is 4.97. The highest BCUT2D eigenvalue weighted by Gasteiger charge is 2.22. The normalized spacial score (nSPS) is 10.5. The Morgan fingerprint density at radius 3 is 2.27 bits per heavy atom. The SMILES string of the molecule is CCOC(=O)c1cc2c(C)cc(C)cc2nc1C(=O)OCC. The van der Waals surface area contributed by atoms with Gasteiger partial charge in [-0.15, -0.1) is 0 Å². The summed E-state index contributed by atoms with van der Waals surface area (Å²) in [5.74, 6) is -1.19. The van der Waals surface area contributed by atoms with Crippen LogP contribution >= 0.6 is 0 Å². The molecule has 2 aromatic rings. The van der Waals surface area contributed by atoms with Crippen molar-refractivity contribution < 1.29 is 19.1 Å². The predicted octanol–water partition coefficient (Wildman–Crippen LogP) is 3.21. The van der Waals surface area contributed by atoms with E-state index in [2.05, 4.69) is 4.98 Å². The van der Waals surface area contributed by atoms with Gasteiger partial charge in [0.15, 0.2) is 5.69 Å². The third-order valence-corrected chi connectivity index (χ3v) is 3.25. The van der Waals surface area contributed by atoms with Crippen molar-refractivity contribution in [2.75, 3.05) is 13.2 Å². The van der Waals surface area contributed by atoms with E-state index in [9.17, 15) is 9.59 Å². The van der Waals surface area contributed by atoms with Gasteiger partial charge >= 0.3 is 11.9 Å². The molecule has 0 atom stereocenters. The van der Waals surface area contributed by atoms with E-state index < -0.39 is 11.9 Å². The monoisotopic (exact) mass is 301 g/mol. The maximum atomic E-state index is 12.1. The Balaban J connectivity index is 2.70. The number of rotatable bonds is 4. The molecule has 1 aromatic heterocycles. The van der Waals surface area contributed by atoms with Crippen molar-refractivity contribution in [2.45, 2.75) is 27.7 Å². The third kappa shape index (κ3) is 3.08. The Bertz CT molecular complexity index is 737. The molecule has 0 unspecified atom stereocenters. The Labute approximate surface area is 129 Å². The van der Waals surface area contributed by atoms with E-state index >= 15 is 0 Å². The molecule has 0 aliphatic heterocycles. The van der Waals surface area contributed by atoms with Crippen LogP contribution in [-0.2, 0) is 9.47 Å². The van der Waals surface area contributed by atoms with Crippen LogP contribution in [0.25, 0.3) is 10.9 Å². The van der Waals surface area contributed by atoms with Gasteiger partial charge < -0.3 is 9.47 Å². The Morgan fingerprint density at radius 2 is 1.64 bits per heavy atom. The van der Waals surface area contributed by atoms with Crippen LogP contribution in [0, 0.1) is 13.8 Å². The number of nitrogens with zero attached hydrogens (tertiary/aromatic N) is 1. The molecule has 22 heavy (non-hydrogen) atoms. The number of ether oxygens (including phenoxy) is 2. The Kier molecular flexibility index (Phi) is 4.75. The molecule has 0 N–H and O–H groups in total. The van der Waals surface area contributed by atoms with Crippen molar-refractivity contribution in [3.8, 4) is 0 Å². The molecule has 0 fully saturated rings. The number of pyridine rings is 1. The molecule has 0 spiro atoms. The smallest absolute Gasteiger partial charge is 0.357 e. The van der Waals surface area contributed by atoms with Crippen LogP contribution in [0.2, 0.25) is 0 Å². The van der Waals surface area contributed by atoms with Gasteiger partial charge in [0.1, 0.15) is 0 Å². The van der Waals surface area contributed by atoms with Crippen molar-refractivity contribution >= 4 is 22.8 Å². The van der Waals surface area contributed by atoms with E-state index in [4.69, 9.17) is 9.47 Å². The first-order chi connectivity index (χ1) is 10.5. The Morgan fingerprint density at radius 1 is 1.00 bits per heavy atom. The lowest BCUT2D eigenvalue weighted by Gasteiger charge is -2.11. The molecule has 1 heterocycles. The number of fused-ring (bicyclic) bond motifs is 1. The van der Waals surface area contributed by atoms with Gasteiger partial charge in [0.2, 0.25) is 0 Å². The van der Waals surface area contributed by atoms with Crippen molar-refractivity contribution in [3.63, 3.8) is 0 Å². The van der Waals surface area contributed by atoms with Gasteiger partial charge in [-0.25, -0.2) is 14.6 Å². The first kappa shape index (κ1) is 15.9. The highest BCUT2D eigenvalue weighted by atomic mass is 16.5. The van der Waals surface area contributed by atoms with Crippen LogP contribution < -0.4 is 0 Å². The van der Waals surface area contributed by atoms with Gasteiger partial charge in [0.05, 0.1) is 24.3 Å². The number of benzene rings is 1. The maximum Gasteiger partial charge on any atom is 0.357 e. The fourth-order valence-electron chi connectivity index (χ4n) is 2.35. The molecular formula is C17H19NO4. The van der Waals surface area contributed by atoms with E-state index in [1.807, 2.05) is 26.0 Å². The molecule has 0 saturated heterocycles. The minimum atomic E-state index is -0.619. The van der Waals surface area contributed by atoms with Crippen LogP contribution in [0.3, 0.4) is 0 Å². The molecule has 0 bridgehead atoms. The number of hydrogen-bond acceptors (Lipinski definition) is 5. The zero-order valence-electron chi connectivity index (χ0n) is 13.2. The van der Waals surface area contributed by atoms with E-state index in [1.54, 1.807) is 19.9 Å². The molecule has 5 nitrogen and oxygen atoms in total. The zero-order valence-corrected chi connectivity index (χ0v) is 13.2. The lowest BCUT2D eigenvalue weighted by molar-refractivity contribution is 0.0474. The first-order valence-corrected chi connectivity index (χ1v) is 7.24. The molecule has 0 radical (unpaired) electrons. The van der Waals surface area contributed by atoms with E-state index in [1.165, 1.54) is 0 Å². The third-order valence-electron chi connectivity index (χ3n) is 3.25. The van der Waals surface area contributed by atoms with E-state index in [0.717, 1.165) is 16.5 Å². The second-order valence-corrected chi connectivity index (χ2v) is 4.97. The highest BCUT2D eigenvalue weighted by Crippen LogP contribution is 2.23. The molecule has 0 aliphatic carbocycles. The summed E-state index contributed by atoms with van der Waals surface area (Å²) in [7, 11) is 0. The lowest BCUT2D eigenvalue weighted by Crippen LogP contribution is -2.16. The topological polar surface area (TPSA) is 65.5 Å². The summed E-state index contributed by atoms with van der Waals surface area (Å²) < 4.78 is 10.0. The molecule has 0 amide bonds. The van der Waals surface area contributed by atoms with Crippen molar-refractivity contribution in [1.29, 1.82) is 0 Å². The van der Waals surface area contributed by atoms with E-state index in [-0.39, 0.29) is 24.5 Å². The van der Waals surface area contributed by atoms with Crippen molar-refractivity contribution in [3.05, 3.63) is 40.6 Å². The maximum absolute atomic E-state index is 12.1. The standard InChI is InChI=1S/C17H19NO4/c1-5-21-16(19)13-9-12-11(4)7-10(3)8-14(12)18-15(13)17(20)22-6-2/h7-9H,5-6H2,1-4H3. The largest absolute Gasteiger partial charge is 0.462 e.